The van der Waals surface area contributed by atoms with E-state index in [9.17, 15) is 4.79 Å². The molecule has 6 heteroatoms. The summed E-state index contributed by atoms with van der Waals surface area (Å²) >= 11 is 6.30. The first-order chi connectivity index (χ1) is 17.2. The van der Waals surface area contributed by atoms with Crippen molar-refractivity contribution in [2.75, 3.05) is 45.9 Å². The van der Waals surface area contributed by atoms with E-state index in [1.165, 1.54) is 11.1 Å². The second kappa shape index (κ2) is 13.3. The van der Waals surface area contributed by atoms with Crippen LogP contribution in [0.5, 0.6) is 0 Å². The van der Waals surface area contributed by atoms with E-state index in [0.717, 1.165) is 44.8 Å². The SMILES string of the molecule is O=C(NCc1ccccc1Cl)N(CCC(c1ccccc1)c1ccccc1)CCN1CCOCC1. The maximum absolute atomic E-state index is 13.3. The molecule has 4 rings (SSSR count). The molecule has 0 atom stereocenters. The highest BCUT2D eigenvalue weighted by Crippen LogP contribution is 2.28. The molecule has 184 valence electrons. The van der Waals surface area contributed by atoms with Gasteiger partial charge in [0, 0.05) is 50.2 Å². The van der Waals surface area contributed by atoms with E-state index in [-0.39, 0.29) is 11.9 Å². The summed E-state index contributed by atoms with van der Waals surface area (Å²) in [5.74, 6) is 0.222. The van der Waals surface area contributed by atoms with E-state index in [1.54, 1.807) is 0 Å². The van der Waals surface area contributed by atoms with Gasteiger partial charge in [0.1, 0.15) is 0 Å². The first-order valence-corrected chi connectivity index (χ1v) is 12.7. The quantitative estimate of drug-likeness (QED) is 0.412. The number of carbonyl (C=O) groups is 1. The van der Waals surface area contributed by atoms with Crippen LogP contribution in [0.25, 0.3) is 0 Å². The van der Waals surface area contributed by atoms with Crippen molar-refractivity contribution in [2.24, 2.45) is 0 Å². The number of nitrogens with one attached hydrogen (secondary N) is 1. The number of morpholine rings is 1. The van der Waals surface area contributed by atoms with Crippen LogP contribution in [-0.2, 0) is 11.3 Å². The first-order valence-electron chi connectivity index (χ1n) is 12.4. The highest BCUT2D eigenvalue weighted by atomic mass is 35.5. The lowest BCUT2D eigenvalue weighted by molar-refractivity contribution is 0.0348. The number of hydrogen-bond donors (Lipinski definition) is 1. The molecule has 1 saturated heterocycles. The number of hydrogen-bond acceptors (Lipinski definition) is 3. The average molecular weight is 492 g/mol. The standard InChI is InChI=1S/C29H34ClN3O2/c30-28-14-8-7-13-26(28)23-31-29(34)33(18-17-32-19-21-35-22-20-32)16-15-27(24-9-3-1-4-10-24)25-11-5-2-6-12-25/h1-14,27H,15-23H2,(H,31,34). The molecule has 0 aliphatic carbocycles. The minimum absolute atomic E-state index is 0.0574. The van der Waals surface area contributed by atoms with Gasteiger partial charge in [-0.3, -0.25) is 4.90 Å². The van der Waals surface area contributed by atoms with Gasteiger partial charge in [-0.05, 0) is 29.2 Å². The van der Waals surface area contributed by atoms with Gasteiger partial charge in [0.15, 0.2) is 0 Å². The van der Waals surface area contributed by atoms with Crippen LogP contribution in [0, 0.1) is 0 Å². The summed E-state index contributed by atoms with van der Waals surface area (Å²) in [5, 5.41) is 3.76. The maximum atomic E-state index is 13.3. The molecule has 5 nitrogen and oxygen atoms in total. The second-order valence-corrected chi connectivity index (χ2v) is 9.26. The number of amides is 2. The first kappa shape index (κ1) is 25.2. The van der Waals surface area contributed by atoms with Crippen LogP contribution < -0.4 is 5.32 Å². The lowest BCUT2D eigenvalue weighted by Gasteiger charge is -2.31. The Balaban J connectivity index is 1.45. The number of ether oxygens (including phenoxy) is 1. The van der Waals surface area contributed by atoms with E-state index in [0.29, 0.717) is 24.7 Å². The molecular weight excluding hydrogens is 458 g/mol. The Kier molecular flexibility index (Phi) is 9.58. The highest BCUT2D eigenvalue weighted by molar-refractivity contribution is 6.31. The molecule has 0 spiro atoms. The molecule has 1 heterocycles. The molecule has 35 heavy (non-hydrogen) atoms. The molecule has 0 saturated carbocycles. The fourth-order valence-electron chi connectivity index (χ4n) is 4.51. The Morgan fingerprint density at radius 1 is 0.886 bits per heavy atom. The molecule has 0 radical (unpaired) electrons. The molecule has 3 aromatic carbocycles. The zero-order chi connectivity index (χ0) is 24.3. The lowest BCUT2D eigenvalue weighted by atomic mass is 9.88. The molecule has 1 aliphatic heterocycles. The normalized spacial score (nSPS) is 14.1. The summed E-state index contributed by atoms with van der Waals surface area (Å²) < 4.78 is 5.48. The van der Waals surface area contributed by atoms with Crippen LogP contribution in [-0.4, -0.2) is 61.8 Å². The number of carbonyl (C=O) groups excluding carboxylic acids is 1. The van der Waals surface area contributed by atoms with Crippen molar-refractivity contribution in [3.63, 3.8) is 0 Å². The van der Waals surface area contributed by atoms with Crippen molar-refractivity contribution in [1.82, 2.24) is 15.1 Å². The number of urea groups is 1. The van der Waals surface area contributed by atoms with Gasteiger partial charge in [0.2, 0.25) is 0 Å². The summed E-state index contributed by atoms with van der Waals surface area (Å²) in [4.78, 5) is 17.6. The van der Waals surface area contributed by atoms with Gasteiger partial charge in [0.25, 0.3) is 0 Å². The predicted molar refractivity (Wildman–Crippen MR) is 142 cm³/mol. The Morgan fingerprint density at radius 3 is 2.11 bits per heavy atom. The molecule has 1 fully saturated rings. The number of benzene rings is 3. The van der Waals surface area contributed by atoms with Crippen molar-refractivity contribution >= 4 is 17.6 Å². The number of halogens is 1. The minimum atomic E-state index is -0.0574. The molecule has 0 bridgehead atoms. The Bertz CT molecular complexity index is 1000. The molecule has 0 unspecified atom stereocenters. The van der Waals surface area contributed by atoms with E-state index < -0.39 is 0 Å². The van der Waals surface area contributed by atoms with Gasteiger partial charge in [-0.25, -0.2) is 4.79 Å². The smallest absolute Gasteiger partial charge is 0.317 e. The van der Waals surface area contributed by atoms with Gasteiger partial charge in [-0.15, -0.1) is 0 Å². The minimum Gasteiger partial charge on any atom is -0.379 e. The molecular formula is C29H34ClN3O2. The molecule has 2 amide bonds. The molecule has 1 N–H and O–H groups in total. The van der Waals surface area contributed by atoms with Crippen molar-refractivity contribution < 1.29 is 9.53 Å². The van der Waals surface area contributed by atoms with E-state index in [2.05, 4.69) is 58.7 Å². The lowest BCUT2D eigenvalue weighted by Crippen LogP contribution is -2.46. The number of nitrogens with zero attached hydrogens (tertiary/aromatic N) is 2. The fraction of sp³-hybridized carbons (Fsp3) is 0.345. The third kappa shape index (κ3) is 7.56. The van der Waals surface area contributed by atoms with Crippen molar-refractivity contribution in [1.29, 1.82) is 0 Å². The summed E-state index contributed by atoms with van der Waals surface area (Å²) in [6, 6.07) is 28.7. The zero-order valence-electron chi connectivity index (χ0n) is 20.1. The third-order valence-electron chi connectivity index (χ3n) is 6.56. The maximum Gasteiger partial charge on any atom is 0.317 e. The van der Waals surface area contributed by atoms with Crippen LogP contribution in [0.4, 0.5) is 4.79 Å². The third-order valence-corrected chi connectivity index (χ3v) is 6.93. The Morgan fingerprint density at radius 2 is 1.49 bits per heavy atom. The number of rotatable bonds is 10. The molecule has 1 aliphatic rings. The predicted octanol–water partition coefficient (Wildman–Crippen LogP) is 5.41. The van der Waals surface area contributed by atoms with Crippen molar-refractivity contribution in [3.05, 3.63) is 107 Å². The van der Waals surface area contributed by atoms with Gasteiger partial charge >= 0.3 is 6.03 Å². The monoisotopic (exact) mass is 491 g/mol. The van der Waals surface area contributed by atoms with Crippen LogP contribution in [0.1, 0.15) is 29.0 Å². The van der Waals surface area contributed by atoms with Crippen molar-refractivity contribution in [3.8, 4) is 0 Å². The van der Waals surface area contributed by atoms with Gasteiger partial charge in [-0.2, -0.15) is 0 Å². The average Bonchev–Trinajstić information content (AvgIpc) is 2.91. The molecule has 0 aromatic heterocycles. The van der Waals surface area contributed by atoms with Crippen LogP contribution in [0.2, 0.25) is 5.02 Å². The summed E-state index contributed by atoms with van der Waals surface area (Å²) in [6.45, 7) is 5.90. The van der Waals surface area contributed by atoms with Crippen LogP contribution in [0.3, 0.4) is 0 Å². The van der Waals surface area contributed by atoms with E-state index in [4.69, 9.17) is 16.3 Å². The Hall–Kier alpha value is -2.86. The fourth-order valence-corrected chi connectivity index (χ4v) is 4.71. The molecule has 3 aromatic rings. The summed E-state index contributed by atoms with van der Waals surface area (Å²) in [7, 11) is 0. The van der Waals surface area contributed by atoms with Crippen molar-refractivity contribution in [2.45, 2.75) is 18.9 Å². The van der Waals surface area contributed by atoms with Gasteiger partial charge in [0.05, 0.1) is 13.2 Å². The van der Waals surface area contributed by atoms with Gasteiger partial charge < -0.3 is 15.0 Å². The summed E-state index contributed by atoms with van der Waals surface area (Å²) in [6.07, 6.45) is 0.844. The van der Waals surface area contributed by atoms with E-state index in [1.807, 2.05) is 41.3 Å². The van der Waals surface area contributed by atoms with E-state index >= 15 is 0 Å². The summed E-state index contributed by atoms with van der Waals surface area (Å²) in [5.41, 5.74) is 3.45. The topological polar surface area (TPSA) is 44.8 Å². The second-order valence-electron chi connectivity index (χ2n) is 8.85. The highest BCUT2D eigenvalue weighted by Gasteiger charge is 2.20. The van der Waals surface area contributed by atoms with Crippen LogP contribution in [0.15, 0.2) is 84.9 Å². The largest absolute Gasteiger partial charge is 0.379 e. The van der Waals surface area contributed by atoms with Gasteiger partial charge in [-0.1, -0.05) is 90.5 Å². The Labute approximate surface area is 213 Å². The zero-order valence-corrected chi connectivity index (χ0v) is 20.9. The van der Waals surface area contributed by atoms with Crippen LogP contribution >= 0.6 is 11.6 Å².